The molecule has 0 aromatic rings. The molecule has 0 amide bonds. The molecule has 4 heteroatoms. The second-order valence-electron chi connectivity index (χ2n) is 6.34. The fraction of sp³-hybridized carbons (Fsp3) is 0.929. The summed E-state index contributed by atoms with van der Waals surface area (Å²) in [5.74, 6) is 0.393. The van der Waals surface area contributed by atoms with Gasteiger partial charge in [-0.3, -0.25) is 4.79 Å². The van der Waals surface area contributed by atoms with Gasteiger partial charge < -0.3 is 15.4 Å². The average molecular weight is 256 g/mol. The maximum atomic E-state index is 11.6. The van der Waals surface area contributed by atoms with Crippen LogP contribution in [0.25, 0.3) is 0 Å². The highest BCUT2D eigenvalue weighted by molar-refractivity contribution is 5.73. The predicted octanol–water partition coefficient (Wildman–Crippen LogP) is 1.49. The third-order valence-electron chi connectivity index (χ3n) is 4.07. The summed E-state index contributed by atoms with van der Waals surface area (Å²) in [6.45, 7) is 10.2. The van der Waals surface area contributed by atoms with E-state index in [4.69, 9.17) is 10.5 Å². The van der Waals surface area contributed by atoms with Crippen LogP contribution in [0.4, 0.5) is 0 Å². The van der Waals surface area contributed by atoms with Crippen molar-refractivity contribution in [3.63, 3.8) is 0 Å². The summed E-state index contributed by atoms with van der Waals surface area (Å²) in [7, 11) is 1.47. The second kappa shape index (κ2) is 6.53. The molecule has 2 atom stereocenters. The number of nitrogens with zero attached hydrogens (tertiary/aromatic N) is 1. The Balaban J connectivity index is 2.32. The Morgan fingerprint density at radius 3 is 2.67 bits per heavy atom. The monoisotopic (exact) mass is 256 g/mol. The van der Waals surface area contributed by atoms with Gasteiger partial charge in [-0.05, 0) is 37.3 Å². The highest BCUT2D eigenvalue weighted by atomic mass is 16.5. The summed E-state index contributed by atoms with van der Waals surface area (Å²) in [5, 5.41) is 0. The lowest BCUT2D eigenvalue weighted by Gasteiger charge is -2.24. The smallest absolute Gasteiger partial charge is 0.310 e. The van der Waals surface area contributed by atoms with Crippen LogP contribution in [0, 0.1) is 17.3 Å². The van der Waals surface area contributed by atoms with Gasteiger partial charge in [-0.25, -0.2) is 0 Å². The first-order valence-electron chi connectivity index (χ1n) is 6.90. The lowest BCUT2D eigenvalue weighted by atomic mass is 9.88. The van der Waals surface area contributed by atoms with Gasteiger partial charge in [0.1, 0.15) is 0 Å². The number of hydrogen-bond donors (Lipinski definition) is 1. The van der Waals surface area contributed by atoms with E-state index < -0.39 is 0 Å². The van der Waals surface area contributed by atoms with E-state index in [9.17, 15) is 4.79 Å². The van der Waals surface area contributed by atoms with Crippen LogP contribution >= 0.6 is 0 Å². The lowest BCUT2D eigenvalue weighted by molar-refractivity contribution is -0.146. The van der Waals surface area contributed by atoms with Crippen molar-refractivity contribution in [2.75, 3.05) is 33.3 Å². The molecule has 1 fully saturated rings. The summed E-state index contributed by atoms with van der Waals surface area (Å²) in [6.07, 6.45) is 2.28. The van der Waals surface area contributed by atoms with Crippen molar-refractivity contribution >= 4 is 5.97 Å². The first-order valence-corrected chi connectivity index (χ1v) is 6.90. The Kier molecular flexibility index (Phi) is 5.60. The molecule has 106 valence electrons. The van der Waals surface area contributed by atoms with Gasteiger partial charge in [0.2, 0.25) is 0 Å². The molecule has 1 aliphatic rings. The molecule has 18 heavy (non-hydrogen) atoms. The molecule has 0 saturated carbocycles. The summed E-state index contributed by atoms with van der Waals surface area (Å²) in [4.78, 5) is 14.0. The number of likely N-dealkylation sites (tertiary alicyclic amines) is 1. The molecule has 0 aromatic heterocycles. The zero-order valence-corrected chi connectivity index (χ0v) is 12.2. The summed E-state index contributed by atoms with van der Waals surface area (Å²) in [5.41, 5.74) is 5.96. The molecule has 2 N–H and O–H groups in total. The van der Waals surface area contributed by atoms with Crippen LogP contribution in [0.5, 0.6) is 0 Å². The largest absolute Gasteiger partial charge is 0.469 e. The Morgan fingerprint density at radius 1 is 1.44 bits per heavy atom. The fourth-order valence-corrected chi connectivity index (χ4v) is 2.59. The van der Waals surface area contributed by atoms with Crippen molar-refractivity contribution in [2.24, 2.45) is 23.0 Å². The third kappa shape index (κ3) is 4.25. The van der Waals surface area contributed by atoms with Crippen LogP contribution in [-0.2, 0) is 9.53 Å². The number of esters is 1. The molecule has 0 spiro atoms. The molecule has 1 rings (SSSR count). The lowest BCUT2D eigenvalue weighted by Crippen LogP contribution is -2.28. The van der Waals surface area contributed by atoms with Crippen LogP contribution in [0.3, 0.4) is 0 Å². The Hall–Kier alpha value is -0.610. The molecule has 0 aliphatic carbocycles. The van der Waals surface area contributed by atoms with Gasteiger partial charge in [0.15, 0.2) is 0 Å². The molecule has 1 saturated heterocycles. The van der Waals surface area contributed by atoms with Crippen LogP contribution in [0.15, 0.2) is 0 Å². The van der Waals surface area contributed by atoms with Gasteiger partial charge in [0, 0.05) is 13.1 Å². The number of carbonyl (C=O) groups excluding carboxylic acids is 1. The minimum absolute atomic E-state index is 0.0533. The number of hydrogen-bond acceptors (Lipinski definition) is 4. The molecule has 0 radical (unpaired) electrons. The Bertz CT molecular complexity index is 279. The van der Waals surface area contributed by atoms with Crippen molar-refractivity contribution < 1.29 is 9.53 Å². The van der Waals surface area contributed by atoms with Crippen molar-refractivity contribution in [2.45, 2.75) is 33.6 Å². The van der Waals surface area contributed by atoms with Gasteiger partial charge in [-0.15, -0.1) is 0 Å². The first kappa shape index (κ1) is 15.4. The number of carbonyl (C=O) groups is 1. The SMILES string of the molecule is COC(=O)C1CN(CCCC(C)(C)CN)CC1C. The number of methoxy groups -OCH3 is 1. The van der Waals surface area contributed by atoms with E-state index in [1.54, 1.807) is 0 Å². The molecule has 2 unspecified atom stereocenters. The molecule has 4 nitrogen and oxygen atoms in total. The van der Waals surface area contributed by atoms with Crippen LogP contribution < -0.4 is 5.73 Å². The van der Waals surface area contributed by atoms with Crippen molar-refractivity contribution in [1.29, 1.82) is 0 Å². The van der Waals surface area contributed by atoms with E-state index in [-0.39, 0.29) is 17.3 Å². The van der Waals surface area contributed by atoms with Crippen molar-refractivity contribution in [3.8, 4) is 0 Å². The highest BCUT2D eigenvalue weighted by Crippen LogP contribution is 2.26. The van der Waals surface area contributed by atoms with Crippen molar-refractivity contribution in [1.82, 2.24) is 4.90 Å². The van der Waals surface area contributed by atoms with Gasteiger partial charge >= 0.3 is 5.97 Å². The van der Waals surface area contributed by atoms with E-state index in [2.05, 4.69) is 25.7 Å². The maximum Gasteiger partial charge on any atom is 0.310 e. The third-order valence-corrected chi connectivity index (χ3v) is 4.07. The van der Waals surface area contributed by atoms with Gasteiger partial charge in [0.25, 0.3) is 0 Å². The van der Waals surface area contributed by atoms with Gasteiger partial charge in [-0.1, -0.05) is 20.8 Å². The quantitative estimate of drug-likeness (QED) is 0.732. The Labute approximate surface area is 111 Å². The summed E-state index contributed by atoms with van der Waals surface area (Å²) >= 11 is 0. The van der Waals surface area contributed by atoms with Crippen LogP contribution in [0.2, 0.25) is 0 Å². The van der Waals surface area contributed by atoms with Crippen LogP contribution in [0.1, 0.15) is 33.6 Å². The van der Waals surface area contributed by atoms with Crippen LogP contribution in [-0.4, -0.2) is 44.2 Å². The molecular formula is C14H28N2O2. The van der Waals surface area contributed by atoms with E-state index in [0.717, 1.165) is 39.0 Å². The minimum atomic E-state index is -0.0627. The summed E-state index contributed by atoms with van der Waals surface area (Å²) < 4.78 is 4.85. The fourth-order valence-electron chi connectivity index (χ4n) is 2.59. The zero-order chi connectivity index (χ0) is 13.8. The Morgan fingerprint density at radius 2 is 2.11 bits per heavy atom. The van der Waals surface area contributed by atoms with Gasteiger partial charge in [-0.2, -0.15) is 0 Å². The van der Waals surface area contributed by atoms with E-state index in [1.165, 1.54) is 7.11 Å². The molecule has 1 heterocycles. The molecule has 0 bridgehead atoms. The summed E-state index contributed by atoms with van der Waals surface area (Å²) in [6, 6.07) is 0. The normalized spacial score (nSPS) is 25.4. The van der Waals surface area contributed by atoms with E-state index >= 15 is 0 Å². The number of nitrogens with two attached hydrogens (primary N) is 1. The predicted molar refractivity (Wildman–Crippen MR) is 73.2 cm³/mol. The molecule has 1 aliphatic heterocycles. The molecular weight excluding hydrogens is 228 g/mol. The number of ether oxygens (including phenoxy) is 1. The van der Waals surface area contributed by atoms with E-state index in [0.29, 0.717) is 5.92 Å². The average Bonchev–Trinajstić information content (AvgIpc) is 2.69. The minimum Gasteiger partial charge on any atom is -0.469 e. The second-order valence-corrected chi connectivity index (χ2v) is 6.34. The number of rotatable bonds is 6. The standard InChI is InChI=1S/C14H28N2O2/c1-11-8-16(9-12(11)13(17)18-4)7-5-6-14(2,3)10-15/h11-12H,5-10,15H2,1-4H3. The topological polar surface area (TPSA) is 55.6 Å². The maximum absolute atomic E-state index is 11.6. The first-order chi connectivity index (χ1) is 8.39. The molecule has 0 aromatic carbocycles. The van der Waals surface area contributed by atoms with Gasteiger partial charge in [0.05, 0.1) is 13.0 Å². The van der Waals surface area contributed by atoms with Crippen molar-refractivity contribution in [3.05, 3.63) is 0 Å². The van der Waals surface area contributed by atoms with E-state index in [1.807, 2.05) is 0 Å². The zero-order valence-electron chi connectivity index (χ0n) is 12.2. The highest BCUT2D eigenvalue weighted by Gasteiger charge is 2.35.